The van der Waals surface area contributed by atoms with Crippen molar-refractivity contribution in [2.45, 2.75) is 19.2 Å². The van der Waals surface area contributed by atoms with Crippen LogP contribution >= 0.6 is 15.9 Å². The summed E-state index contributed by atoms with van der Waals surface area (Å²) in [6.45, 7) is 0. The van der Waals surface area contributed by atoms with Gasteiger partial charge in [-0.1, -0.05) is 5.16 Å². The van der Waals surface area contributed by atoms with E-state index >= 15 is 0 Å². The Morgan fingerprint density at radius 3 is 2.79 bits per heavy atom. The summed E-state index contributed by atoms with van der Waals surface area (Å²) >= 11 is 3.24. The van der Waals surface area contributed by atoms with E-state index in [1.807, 2.05) is 18.2 Å². The number of fused-ring (bicyclic) bond motifs is 3. The molecular weight excluding hydrogens is 451 g/mol. The maximum absolute atomic E-state index is 12.4. The van der Waals surface area contributed by atoms with Crippen molar-refractivity contribution in [3.63, 3.8) is 0 Å². The highest BCUT2D eigenvalue weighted by Crippen LogP contribution is 2.35. The molecule has 2 heterocycles. The van der Waals surface area contributed by atoms with Crippen LogP contribution in [0, 0.1) is 6.42 Å². The van der Waals surface area contributed by atoms with Gasteiger partial charge in [0.2, 0.25) is 5.82 Å². The van der Waals surface area contributed by atoms with Crippen molar-refractivity contribution >= 4 is 26.8 Å². The maximum atomic E-state index is 12.4. The third kappa shape index (κ3) is 3.39. The monoisotopic (exact) mass is 462 g/mol. The van der Waals surface area contributed by atoms with Gasteiger partial charge in [0.05, 0.1) is 5.56 Å². The standard InChI is InChI=1S/C20H12BrF3N3O2/c21-15-9-11(28-20(22,23)24)5-6-13(15)19-26-18(27-29-19)10-4-7-17-14(8-10)12-2-1-3-16(12)25-17/h3-9,25H,1-2H2. The van der Waals surface area contributed by atoms with Crippen molar-refractivity contribution in [1.29, 1.82) is 0 Å². The maximum Gasteiger partial charge on any atom is 0.573 e. The predicted octanol–water partition coefficient (Wildman–Crippen LogP) is 6.04. The summed E-state index contributed by atoms with van der Waals surface area (Å²) in [5.41, 5.74) is 4.77. The van der Waals surface area contributed by atoms with Gasteiger partial charge in [-0.05, 0) is 70.7 Å². The fourth-order valence-corrected chi connectivity index (χ4v) is 4.06. The van der Waals surface area contributed by atoms with Crippen molar-refractivity contribution in [3.8, 4) is 28.6 Å². The van der Waals surface area contributed by atoms with E-state index in [1.165, 1.54) is 23.8 Å². The van der Waals surface area contributed by atoms with E-state index < -0.39 is 6.36 Å². The molecule has 0 bridgehead atoms. The number of rotatable bonds is 3. The molecule has 4 aromatic rings. The smallest absolute Gasteiger partial charge is 0.406 e. The minimum Gasteiger partial charge on any atom is -0.406 e. The van der Waals surface area contributed by atoms with Gasteiger partial charge in [-0.15, -0.1) is 13.2 Å². The first kappa shape index (κ1) is 18.2. The lowest BCUT2D eigenvalue weighted by molar-refractivity contribution is -0.274. The van der Waals surface area contributed by atoms with Crippen LogP contribution in [0.2, 0.25) is 0 Å². The summed E-state index contributed by atoms with van der Waals surface area (Å²) < 4.78 is 46.7. The van der Waals surface area contributed by atoms with Gasteiger partial charge < -0.3 is 14.2 Å². The predicted molar refractivity (Wildman–Crippen MR) is 103 cm³/mol. The van der Waals surface area contributed by atoms with E-state index in [2.05, 4.69) is 42.2 Å². The van der Waals surface area contributed by atoms with E-state index in [0.29, 0.717) is 15.9 Å². The number of nitrogens with one attached hydrogen (secondary N) is 1. The molecule has 1 aliphatic carbocycles. The molecule has 5 nitrogen and oxygen atoms in total. The highest BCUT2D eigenvalue weighted by molar-refractivity contribution is 9.10. The van der Waals surface area contributed by atoms with Gasteiger partial charge in [-0.3, -0.25) is 0 Å². The molecule has 0 fully saturated rings. The summed E-state index contributed by atoms with van der Waals surface area (Å²) in [6.07, 6.45) is -0.552. The third-order valence-electron chi connectivity index (χ3n) is 4.77. The van der Waals surface area contributed by atoms with Crippen LogP contribution in [0.3, 0.4) is 0 Å². The lowest BCUT2D eigenvalue weighted by Crippen LogP contribution is -2.17. The Hall–Kier alpha value is -2.81. The quantitative estimate of drug-likeness (QED) is 0.402. The Bertz CT molecular complexity index is 1230. The summed E-state index contributed by atoms with van der Waals surface area (Å²) in [4.78, 5) is 7.81. The largest absolute Gasteiger partial charge is 0.573 e. The molecule has 1 radical (unpaired) electrons. The van der Waals surface area contributed by atoms with Crippen LogP contribution in [-0.2, 0) is 6.42 Å². The molecule has 0 saturated carbocycles. The molecule has 5 rings (SSSR count). The number of ether oxygens (including phenoxy) is 1. The Labute approximate surface area is 171 Å². The first-order valence-corrected chi connectivity index (χ1v) is 9.54. The van der Waals surface area contributed by atoms with Crippen LogP contribution in [0.5, 0.6) is 5.75 Å². The molecule has 0 atom stereocenters. The fraction of sp³-hybridized carbons (Fsp3) is 0.150. The molecule has 0 amide bonds. The van der Waals surface area contributed by atoms with Crippen molar-refractivity contribution in [3.05, 3.63) is 58.5 Å². The van der Waals surface area contributed by atoms with Crippen LogP contribution in [0.4, 0.5) is 13.2 Å². The molecule has 0 spiro atoms. The van der Waals surface area contributed by atoms with Crippen LogP contribution in [0.25, 0.3) is 33.7 Å². The summed E-state index contributed by atoms with van der Waals surface area (Å²) in [5, 5.41) is 5.17. The Morgan fingerprint density at radius 1 is 1.14 bits per heavy atom. The molecule has 9 heteroatoms. The molecule has 2 aromatic carbocycles. The van der Waals surface area contributed by atoms with Gasteiger partial charge in [-0.2, -0.15) is 4.98 Å². The number of alkyl halides is 3. The molecule has 0 aliphatic heterocycles. The van der Waals surface area contributed by atoms with Crippen molar-refractivity contribution in [1.82, 2.24) is 15.1 Å². The second kappa shape index (κ2) is 6.62. The molecule has 147 valence electrons. The zero-order valence-corrected chi connectivity index (χ0v) is 16.3. The van der Waals surface area contributed by atoms with Gasteiger partial charge in [0, 0.05) is 33.1 Å². The van der Waals surface area contributed by atoms with Crippen molar-refractivity contribution in [2.75, 3.05) is 0 Å². The van der Waals surface area contributed by atoms with Crippen molar-refractivity contribution in [2.24, 2.45) is 0 Å². The number of benzene rings is 2. The van der Waals surface area contributed by atoms with Gasteiger partial charge >= 0.3 is 6.36 Å². The average Bonchev–Trinajstić information content (AvgIpc) is 3.36. The number of nitrogens with zero attached hydrogens (tertiary/aromatic N) is 2. The van der Waals surface area contributed by atoms with Gasteiger partial charge in [0.1, 0.15) is 5.75 Å². The van der Waals surface area contributed by atoms with E-state index in [0.717, 1.165) is 35.0 Å². The normalized spacial score (nSPS) is 13.8. The number of hydrogen-bond donors (Lipinski definition) is 1. The molecule has 0 saturated heterocycles. The Kier molecular flexibility index (Phi) is 4.16. The number of aromatic nitrogens is 3. The molecule has 1 N–H and O–H groups in total. The van der Waals surface area contributed by atoms with Gasteiger partial charge in [0.15, 0.2) is 0 Å². The summed E-state index contributed by atoms with van der Waals surface area (Å²) in [7, 11) is 0. The minimum absolute atomic E-state index is 0.193. The number of aromatic amines is 1. The zero-order valence-electron chi connectivity index (χ0n) is 14.7. The second-order valence-electron chi connectivity index (χ2n) is 6.63. The number of H-pyrrole nitrogens is 1. The van der Waals surface area contributed by atoms with Crippen LogP contribution in [-0.4, -0.2) is 21.5 Å². The highest BCUT2D eigenvalue weighted by Gasteiger charge is 2.31. The van der Waals surface area contributed by atoms with Gasteiger partial charge in [-0.25, -0.2) is 0 Å². The first-order valence-electron chi connectivity index (χ1n) is 8.75. The van der Waals surface area contributed by atoms with E-state index in [1.54, 1.807) is 0 Å². The van der Waals surface area contributed by atoms with E-state index in [9.17, 15) is 13.2 Å². The fourth-order valence-electron chi connectivity index (χ4n) is 3.53. The van der Waals surface area contributed by atoms with E-state index in [-0.39, 0.29) is 11.6 Å². The molecule has 0 unspecified atom stereocenters. The Morgan fingerprint density at radius 2 is 2.00 bits per heavy atom. The molecular formula is C20H12BrF3N3O2. The van der Waals surface area contributed by atoms with Crippen LogP contribution in [0.1, 0.15) is 17.7 Å². The zero-order chi connectivity index (χ0) is 20.2. The van der Waals surface area contributed by atoms with Crippen molar-refractivity contribution < 1.29 is 22.4 Å². The number of halogens is 4. The average molecular weight is 463 g/mol. The molecule has 1 aliphatic rings. The SMILES string of the molecule is FC(F)(F)Oc1ccc(-c2nc(-c3ccc4[nH]c5c(c4c3)CC[CH]5)no2)c(Br)c1. The minimum atomic E-state index is -4.76. The summed E-state index contributed by atoms with van der Waals surface area (Å²) in [6, 6.07) is 9.74. The van der Waals surface area contributed by atoms with Crippen LogP contribution in [0.15, 0.2) is 45.4 Å². The second-order valence-corrected chi connectivity index (χ2v) is 7.49. The third-order valence-corrected chi connectivity index (χ3v) is 5.43. The first-order chi connectivity index (χ1) is 13.9. The summed E-state index contributed by atoms with van der Waals surface area (Å²) in [5.74, 6) is 0.260. The van der Waals surface area contributed by atoms with Gasteiger partial charge in [0.25, 0.3) is 5.89 Å². The highest BCUT2D eigenvalue weighted by atomic mass is 79.9. The lowest BCUT2D eigenvalue weighted by atomic mass is 10.1. The van der Waals surface area contributed by atoms with E-state index in [4.69, 9.17) is 4.52 Å². The number of hydrogen-bond acceptors (Lipinski definition) is 4. The molecule has 29 heavy (non-hydrogen) atoms. The molecule has 2 aromatic heterocycles. The van der Waals surface area contributed by atoms with Crippen LogP contribution < -0.4 is 4.74 Å². The Balaban J connectivity index is 1.47. The topological polar surface area (TPSA) is 63.9 Å². The lowest BCUT2D eigenvalue weighted by Gasteiger charge is -2.09. The number of aryl methyl sites for hydroxylation is 1.